The van der Waals surface area contributed by atoms with E-state index in [1.807, 2.05) is 19.0 Å². The molecule has 0 spiro atoms. The van der Waals surface area contributed by atoms with Gasteiger partial charge in [0, 0.05) is 6.42 Å². The van der Waals surface area contributed by atoms with Gasteiger partial charge in [0.1, 0.15) is 0 Å². The van der Waals surface area contributed by atoms with E-state index in [0.29, 0.717) is 12.2 Å². The number of likely N-dealkylation sites (N-methyl/N-ethyl adjacent to an activating group) is 1. The molecule has 0 amide bonds. The standard InChI is InChI=1S/C8H13NO/c1-6-4-5-7(10)8(6)9(2)3/h8H,1,4-5H2,2-3H3. The average Bonchev–Trinajstić information content (AvgIpc) is 2.11. The molecule has 0 aromatic rings. The van der Waals surface area contributed by atoms with E-state index in [4.69, 9.17) is 0 Å². The zero-order valence-electron chi connectivity index (χ0n) is 6.55. The summed E-state index contributed by atoms with van der Waals surface area (Å²) in [5, 5.41) is 0. The third-order valence-corrected chi connectivity index (χ3v) is 1.90. The molecule has 1 atom stereocenters. The molecule has 1 rings (SSSR count). The number of Topliss-reactive ketones (excluding diaryl/α,β-unsaturated/α-hetero) is 1. The Morgan fingerprint density at radius 2 is 2.10 bits per heavy atom. The van der Waals surface area contributed by atoms with Crippen LogP contribution in [0.25, 0.3) is 0 Å². The molecule has 2 heteroatoms. The lowest BCUT2D eigenvalue weighted by Crippen LogP contribution is -2.32. The van der Waals surface area contributed by atoms with E-state index in [9.17, 15) is 4.79 Å². The highest BCUT2D eigenvalue weighted by Gasteiger charge is 2.29. The summed E-state index contributed by atoms with van der Waals surface area (Å²) in [6, 6.07) is -0.000000000000000444. The maximum absolute atomic E-state index is 11.1. The van der Waals surface area contributed by atoms with Crippen molar-refractivity contribution in [2.24, 2.45) is 0 Å². The van der Waals surface area contributed by atoms with Gasteiger partial charge in [0.05, 0.1) is 6.04 Å². The smallest absolute Gasteiger partial charge is 0.154 e. The Kier molecular flexibility index (Phi) is 1.90. The Morgan fingerprint density at radius 1 is 1.50 bits per heavy atom. The fourth-order valence-corrected chi connectivity index (χ4v) is 1.44. The van der Waals surface area contributed by atoms with Gasteiger partial charge in [0.2, 0.25) is 0 Å². The number of carbonyl (C=O) groups excluding carboxylic acids is 1. The molecule has 0 bridgehead atoms. The predicted molar refractivity (Wildman–Crippen MR) is 40.9 cm³/mol. The van der Waals surface area contributed by atoms with E-state index in [1.165, 1.54) is 0 Å². The fourth-order valence-electron chi connectivity index (χ4n) is 1.44. The van der Waals surface area contributed by atoms with E-state index >= 15 is 0 Å². The SMILES string of the molecule is C=C1CCC(=O)C1N(C)C. The maximum atomic E-state index is 11.1. The lowest BCUT2D eigenvalue weighted by atomic mass is 10.1. The summed E-state index contributed by atoms with van der Waals surface area (Å²) in [7, 11) is 3.83. The van der Waals surface area contributed by atoms with E-state index < -0.39 is 0 Å². The summed E-state index contributed by atoms with van der Waals surface area (Å²) in [6.45, 7) is 3.84. The van der Waals surface area contributed by atoms with Crippen LogP contribution in [0.5, 0.6) is 0 Å². The second-order valence-electron chi connectivity index (χ2n) is 2.99. The van der Waals surface area contributed by atoms with Crippen LogP contribution in [0.1, 0.15) is 12.8 Å². The summed E-state index contributed by atoms with van der Waals surface area (Å²) in [4.78, 5) is 13.1. The zero-order chi connectivity index (χ0) is 7.72. The first-order valence-electron chi connectivity index (χ1n) is 3.49. The first kappa shape index (κ1) is 7.48. The molecule has 0 aromatic heterocycles. The molecule has 0 radical (unpaired) electrons. The van der Waals surface area contributed by atoms with Gasteiger partial charge in [-0.25, -0.2) is 0 Å². The number of nitrogens with zero attached hydrogens (tertiary/aromatic N) is 1. The Labute approximate surface area is 61.5 Å². The van der Waals surface area contributed by atoms with Crippen molar-refractivity contribution in [3.8, 4) is 0 Å². The van der Waals surface area contributed by atoms with Gasteiger partial charge in [-0.15, -0.1) is 0 Å². The van der Waals surface area contributed by atoms with Crippen LogP contribution >= 0.6 is 0 Å². The topological polar surface area (TPSA) is 20.3 Å². The van der Waals surface area contributed by atoms with Gasteiger partial charge >= 0.3 is 0 Å². The van der Waals surface area contributed by atoms with Gasteiger partial charge in [-0.1, -0.05) is 12.2 Å². The van der Waals surface area contributed by atoms with E-state index in [0.717, 1.165) is 12.0 Å². The lowest BCUT2D eigenvalue weighted by Gasteiger charge is -2.17. The predicted octanol–water partition coefficient (Wildman–Crippen LogP) is 0.836. The van der Waals surface area contributed by atoms with Crippen LogP contribution in [-0.4, -0.2) is 30.8 Å². The minimum Gasteiger partial charge on any atom is -0.298 e. The minimum atomic E-state index is -0.000000000000000444. The Balaban J connectivity index is 2.72. The molecule has 1 fully saturated rings. The summed E-state index contributed by atoms with van der Waals surface area (Å²) >= 11 is 0. The number of hydrogen-bond donors (Lipinski definition) is 0. The van der Waals surface area contributed by atoms with Crippen molar-refractivity contribution < 1.29 is 4.79 Å². The van der Waals surface area contributed by atoms with Crippen LogP contribution in [0.4, 0.5) is 0 Å². The molecule has 2 nitrogen and oxygen atoms in total. The van der Waals surface area contributed by atoms with Crippen molar-refractivity contribution in [3.63, 3.8) is 0 Å². The zero-order valence-corrected chi connectivity index (χ0v) is 6.55. The molecule has 0 saturated heterocycles. The second kappa shape index (κ2) is 2.54. The number of rotatable bonds is 1. The maximum Gasteiger partial charge on any atom is 0.154 e. The van der Waals surface area contributed by atoms with Crippen LogP contribution < -0.4 is 0 Å². The number of carbonyl (C=O) groups is 1. The van der Waals surface area contributed by atoms with Crippen molar-refractivity contribution in [1.82, 2.24) is 4.90 Å². The van der Waals surface area contributed by atoms with Crippen LogP contribution in [0.3, 0.4) is 0 Å². The summed E-state index contributed by atoms with van der Waals surface area (Å²) in [5.41, 5.74) is 1.06. The number of hydrogen-bond acceptors (Lipinski definition) is 2. The normalized spacial score (nSPS) is 26.5. The molecule has 0 aliphatic heterocycles. The molecular weight excluding hydrogens is 126 g/mol. The quantitative estimate of drug-likeness (QED) is 0.502. The molecule has 1 unspecified atom stereocenters. The average molecular weight is 139 g/mol. The van der Waals surface area contributed by atoms with Gasteiger partial charge in [-0.3, -0.25) is 9.69 Å². The molecule has 1 aliphatic carbocycles. The molecular formula is C8H13NO. The molecule has 56 valence electrons. The van der Waals surface area contributed by atoms with Crippen LogP contribution in [0.2, 0.25) is 0 Å². The van der Waals surface area contributed by atoms with Crippen LogP contribution in [-0.2, 0) is 4.79 Å². The van der Waals surface area contributed by atoms with Crippen molar-refractivity contribution in [2.45, 2.75) is 18.9 Å². The Bertz CT molecular complexity index is 156. The van der Waals surface area contributed by atoms with Gasteiger partial charge < -0.3 is 0 Å². The Hall–Kier alpha value is -0.630. The summed E-state index contributed by atoms with van der Waals surface area (Å²) in [6.07, 6.45) is 1.56. The van der Waals surface area contributed by atoms with Gasteiger partial charge in [-0.2, -0.15) is 0 Å². The van der Waals surface area contributed by atoms with E-state index in [1.54, 1.807) is 0 Å². The second-order valence-corrected chi connectivity index (χ2v) is 2.99. The molecule has 1 aliphatic rings. The first-order chi connectivity index (χ1) is 4.63. The largest absolute Gasteiger partial charge is 0.298 e. The van der Waals surface area contributed by atoms with Crippen LogP contribution in [0.15, 0.2) is 12.2 Å². The molecule has 0 heterocycles. The number of ketones is 1. The highest BCUT2D eigenvalue weighted by Crippen LogP contribution is 2.22. The van der Waals surface area contributed by atoms with Gasteiger partial charge in [0.15, 0.2) is 5.78 Å². The molecule has 0 aromatic carbocycles. The summed E-state index contributed by atoms with van der Waals surface area (Å²) in [5.74, 6) is 0.315. The highest BCUT2D eigenvalue weighted by atomic mass is 16.1. The van der Waals surface area contributed by atoms with E-state index in [2.05, 4.69) is 6.58 Å². The van der Waals surface area contributed by atoms with Crippen molar-refractivity contribution in [1.29, 1.82) is 0 Å². The van der Waals surface area contributed by atoms with Crippen LogP contribution in [0, 0.1) is 0 Å². The Morgan fingerprint density at radius 3 is 2.30 bits per heavy atom. The molecule has 1 saturated carbocycles. The van der Waals surface area contributed by atoms with Gasteiger partial charge in [0.25, 0.3) is 0 Å². The van der Waals surface area contributed by atoms with Crippen molar-refractivity contribution >= 4 is 5.78 Å². The third-order valence-electron chi connectivity index (χ3n) is 1.90. The molecule has 0 N–H and O–H groups in total. The highest BCUT2D eigenvalue weighted by molar-refractivity contribution is 5.90. The monoisotopic (exact) mass is 139 g/mol. The van der Waals surface area contributed by atoms with Gasteiger partial charge in [-0.05, 0) is 20.5 Å². The first-order valence-corrected chi connectivity index (χ1v) is 3.49. The van der Waals surface area contributed by atoms with E-state index in [-0.39, 0.29) is 6.04 Å². The third kappa shape index (κ3) is 1.12. The lowest BCUT2D eigenvalue weighted by molar-refractivity contribution is -0.120. The van der Waals surface area contributed by atoms with Crippen molar-refractivity contribution in [2.75, 3.05) is 14.1 Å². The summed E-state index contributed by atoms with van der Waals surface area (Å²) < 4.78 is 0. The minimum absolute atomic E-state index is 0.000000000000000444. The van der Waals surface area contributed by atoms with Crippen molar-refractivity contribution in [3.05, 3.63) is 12.2 Å². The fraction of sp³-hybridized carbons (Fsp3) is 0.625. The molecule has 10 heavy (non-hydrogen) atoms.